The van der Waals surface area contributed by atoms with Gasteiger partial charge in [0.25, 0.3) is 5.91 Å². The summed E-state index contributed by atoms with van der Waals surface area (Å²) < 4.78 is 34.3. The highest BCUT2D eigenvalue weighted by atomic mass is 19.3. The number of benzene rings is 1. The number of alkyl halides is 2. The Hall–Kier alpha value is -2.90. The number of carbonyl (C=O) groups is 1. The van der Waals surface area contributed by atoms with Gasteiger partial charge in [0.15, 0.2) is 11.5 Å². The van der Waals surface area contributed by atoms with Gasteiger partial charge >= 0.3 is 6.29 Å². The number of fused-ring (bicyclic) bond motifs is 1. The zero-order valence-corrected chi connectivity index (χ0v) is 10.5. The fraction of sp³-hybridized carbons (Fsp3) is 0.0769. The number of halogens is 2. The van der Waals surface area contributed by atoms with Gasteiger partial charge in [-0.3, -0.25) is 4.79 Å². The molecule has 1 aliphatic rings. The number of nitrogens with two attached hydrogens (primary N) is 1. The average Bonchev–Trinajstić information content (AvgIpc) is 2.72. The topological polar surface area (TPSA) is 86.5 Å². The van der Waals surface area contributed by atoms with Crippen molar-refractivity contribution in [1.29, 1.82) is 0 Å². The third-order valence-electron chi connectivity index (χ3n) is 2.70. The first kappa shape index (κ1) is 13.1. The molecule has 0 atom stereocenters. The van der Waals surface area contributed by atoms with E-state index in [0.717, 1.165) is 0 Å². The average molecular weight is 293 g/mol. The van der Waals surface area contributed by atoms with Crippen LogP contribution in [0.2, 0.25) is 0 Å². The number of aromatic nitrogens is 1. The minimum atomic E-state index is -3.69. The van der Waals surface area contributed by atoms with Crippen LogP contribution in [0, 0.1) is 0 Å². The molecule has 1 aromatic carbocycles. The molecule has 8 heteroatoms. The van der Waals surface area contributed by atoms with E-state index >= 15 is 0 Å². The first-order valence-corrected chi connectivity index (χ1v) is 5.86. The molecule has 1 amide bonds. The lowest BCUT2D eigenvalue weighted by Gasteiger charge is -2.06. The monoisotopic (exact) mass is 293 g/mol. The molecule has 2 aromatic rings. The van der Waals surface area contributed by atoms with Crippen LogP contribution in [0.1, 0.15) is 10.4 Å². The van der Waals surface area contributed by atoms with Crippen molar-refractivity contribution in [1.82, 2.24) is 4.98 Å². The third kappa shape index (κ3) is 2.69. The Kier molecular flexibility index (Phi) is 2.86. The quantitative estimate of drug-likeness (QED) is 0.886. The summed E-state index contributed by atoms with van der Waals surface area (Å²) in [6, 6.07) is 6.83. The molecular formula is C13H9F2N3O3. The number of carbonyl (C=O) groups excluding carboxylic acids is 1. The summed E-state index contributed by atoms with van der Waals surface area (Å²) in [5.74, 6) is -0.485. The standard InChI is InChI=1S/C13H9F2N3O3/c14-13(15)20-9-2-1-8(6-10(9)21-13)18-12(19)7-3-4-17-11(16)5-7/h1-6H,(H2,16,17)(H,18,19). The second-order valence-corrected chi connectivity index (χ2v) is 4.25. The van der Waals surface area contributed by atoms with Gasteiger partial charge < -0.3 is 20.5 Å². The molecule has 0 spiro atoms. The predicted octanol–water partition coefficient (Wildman–Crippen LogP) is 2.24. The maximum atomic E-state index is 12.9. The van der Waals surface area contributed by atoms with E-state index < -0.39 is 12.2 Å². The first-order valence-electron chi connectivity index (χ1n) is 5.86. The lowest BCUT2D eigenvalue weighted by molar-refractivity contribution is -0.286. The van der Waals surface area contributed by atoms with Crippen molar-refractivity contribution >= 4 is 17.4 Å². The van der Waals surface area contributed by atoms with Crippen molar-refractivity contribution in [3.05, 3.63) is 42.1 Å². The van der Waals surface area contributed by atoms with Crippen LogP contribution in [0.5, 0.6) is 11.5 Å². The van der Waals surface area contributed by atoms with Gasteiger partial charge in [-0.15, -0.1) is 8.78 Å². The molecule has 108 valence electrons. The van der Waals surface area contributed by atoms with Crippen molar-refractivity contribution in [2.24, 2.45) is 0 Å². The van der Waals surface area contributed by atoms with Gasteiger partial charge in [0.2, 0.25) is 0 Å². The maximum absolute atomic E-state index is 12.9. The molecule has 0 unspecified atom stereocenters. The zero-order chi connectivity index (χ0) is 15.0. The minimum Gasteiger partial charge on any atom is -0.395 e. The van der Waals surface area contributed by atoms with Crippen molar-refractivity contribution in [3.63, 3.8) is 0 Å². The molecule has 0 aliphatic carbocycles. The molecule has 0 saturated heterocycles. The van der Waals surface area contributed by atoms with E-state index in [0.29, 0.717) is 5.56 Å². The van der Waals surface area contributed by atoms with Crippen molar-refractivity contribution in [2.75, 3.05) is 11.1 Å². The molecule has 0 saturated carbocycles. The molecule has 2 heterocycles. The van der Waals surface area contributed by atoms with Crippen LogP contribution in [-0.4, -0.2) is 17.2 Å². The second kappa shape index (κ2) is 4.58. The molecular weight excluding hydrogens is 284 g/mol. The van der Waals surface area contributed by atoms with E-state index in [1.807, 2.05) is 0 Å². The number of ether oxygens (including phenoxy) is 2. The summed E-state index contributed by atoms with van der Waals surface area (Å²) in [6.45, 7) is 0. The fourth-order valence-corrected chi connectivity index (χ4v) is 1.82. The Morgan fingerprint density at radius 3 is 2.71 bits per heavy atom. The fourth-order valence-electron chi connectivity index (χ4n) is 1.82. The second-order valence-electron chi connectivity index (χ2n) is 4.25. The summed E-state index contributed by atoms with van der Waals surface area (Å²) in [6.07, 6.45) is -2.30. The zero-order valence-electron chi connectivity index (χ0n) is 10.5. The number of nitrogens with zero attached hydrogens (tertiary/aromatic N) is 1. The Morgan fingerprint density at radius 2 is 1.95 bits per heavy atom. The number of hydrogen-bond acceptors (Lipinski definition) is 5. The van der Waals surface area contributed by atoms with Crippen LogP contribution in [0.3, 0.4) is 0 Å². The summed E-state index contributed by atoms with van der Waals surface area (Å²) in [7, 11) is 0. The van der Waals surface area contributed by atoms with Crippen LogP contribution in [0.15, 0.2) is 36.5 Å². The molecule has 0 fully saturated rings. The molecule has 3 rings (SSSR count). The van der Waals surface area contributed by atoms with Gasteiger partial charge in [-0.2, -0.15) is 0 Å². The highest BCUT2D eigenvalue weighted by Crippen LogP contribution is 2.42. The molecule has 1 aromatic heterocycles. The number of hydrogen-bond donors (Lipinski definition) is 2. The van der Waals surface area contributed by atoms with Gasteiger partial charge in [-0.25, -0.2) is 4.98 Å². The van der Waals surface area contributed by atoms with Gasteiger partial charge in [-0.1, -0.05) is 0 Å². The van der Waals surface area contributed by atoms with Gasteiger partial charge in [-0.05, 0) is 24.3 Å². The lowest BCUT2D eigenvalue weighted by atomic mass is 10.2. The Bertz CT molecular complexity index is 722. The number of nitrogens with one attached hydrogen (secondary N) is 1. The van der Waals surface area contributed by atoms with Crippen molar-refractivity contribution in [3.8, 4) is 11.5 Å². The summed E-state index contributed by atoms with van der Waals surface area (Å²) in [4.78, 5) is 15.7. The number of rotatable bonds is 2. The molecule has 21 heavy (non-hydrogen) atoms. The Balaban J connectivity index is 1.79. The highest BCUT2D eigenvalue weighted by Gasteiger charge is 2.43. The van der Waals surface area contributed by atoms with Crippen molar-refractivity contribution in [2.45, 2.75) is 6.29 Å². The van der Waals surface area contributed by atoms with Crippen LogP contribution in [0.25, 0.3) is 0 Å². The lowest BCUT2D eigenvalue weighted by Crippen LogP contribution is -2.25. The molecule has 1 aliphatic heterocycles. The van der Waals surface area contributed by atoms with Crippen molar-refractivity contribution < 1.29 is 23.0 Å². The Labute approximate surface area is 117 Å². The third-order valence-corrected chi connectivity index (χ3v) is 2.70. The number of nitrogen functional groups attached to an aromatic ring is 1. The summed E-state index contributed by atoms with van der Waals surface area (Å²) in [5.41, 5.74) is 6.07. The number of pyridine rings is 1. The summed E-state index contributed by atoms with van der Waals surface area (Å²) >= 11 is 0. The minimum absolute atomic E-state index is 0.0915. The van der Waals surface area contributed by atoms with E-state index in [-0.39, 0.29) is 23.0 Å². The largest absolute Gasteiger partial charge is 0.586 e. The summed E-state index contributed by atoms with van der Waals surface area (Å²) in [5, 5.41) is 2.54. The first-order chi connectivity index (χ1) is 9.93. The van der Waals surface area contributed by atoms with E-state index in [9.17, 15) is 13.6 Å². The molecule has 3 N–H and O–H groups in total. The van der Waals surface area contributed by atoms with Crippen LogP contribution < -0.4 is 20.5 Å². The van der Waals surface area contributed by atoms with Gasteiger partial charge in [0.05, 0.1) is 0 Å². The molecule has 6 nitrogen and oxygen atoms in total. The highest BCUT2D eigenvalue weighted by molar-refractivity contribution is 6.04. The predicted molar refractivity (Wildman–Crippen MR) is 69.2 cm³/mol. The number of anilines is 2. The molecule has 0 radical (unpaired) electrons. The van der Waals surface area contributed by atoms with Crippen LogP contribution in [-0.2, 0) is 0 Å². The van der Waals surface area contributed by atoms with Crippen LogP contribution >= 0.6 is 0 Å². The Morgan fingerprint density at radius 1 is 1.19 bits per heavy atom. The number of amides is 1. The van der Waals surface area contributed by atoms with E-state index in [1.165, 1.54) is 36.5 Å². The molecule has 0 bridgehead atoms. The SMILES string of the molecule is Nc1cc(C(=O)Nc2ccc3c(c2)OC(F)(F)O3)ccn1. The smallest absolute Gasteiger partial charge is 0.395 e. The van der Waals surface area contributed by atoms with Crippen LogP contribution in [0.4, 0.5) is 20.3 Å². The van der Waals surface area contributed by atoms with E-state index in [4.69, 9.17) is 5.73 Å². The maximum Gasteiger partial charge on any atom is 0.586 e. The van der Waals surface area contributed by atoms with Gasteiger partial charge in [0.1, 0.15) is 5.82 Å². The normalized spacial score (nSPS) is 14.8. The van der Waals surface area contributed by atoms with Gasteiger partial charge in [0, 0.05) is 23.5 Å². The van der Waals surface area contributed by atoms with E-state index in [1.54, 1.807) is 0 Å². The van der Waals surface area contributed by atoms with E-state index in [2.05, 4.69) is 19.8 Å².